The zero-order valence-electron chi connectivity index (χ0n) is 12.0. The number of anilines is 1. The lowest BCUT2D eigenvalue weighted by Crippen LogP contribution is -2.34. The average molecular weight is 344 g/mol. The van der Waals surface area contributed by atoms with Crippen molar-refractivity contribution >= 4 is 38.8 Å². The molecule has 0 aromatic heterocycles. The van der Waals surface area contributed by atoms with Gasteiger partial charge < -0.3 is 16.0 Å². The molecule has 3 nitrogen and oxygen atoms in total. The van der Waals surface area contributed by atoms with E-state index in [2.05, 4.69) is 54.1 Å². The minimum atomic E-state index is 0.166. The Hall–Kier alpha value is -0.650. The van der Waals surface area contributed by atoms with Crippen molar-refractivity contribution in [3.63, 3.8) is 0 Å². The van der Waals surface area contributed by atoms with Gasteiger partial charge in [-0.2, -0.15) is 0 Å². The fraction of sp³-hybridized carbons (Fsp3) is 0.500. The highest BCUT2D eigenvalue weighted by Gasteiger charge is 2.19. The third-order valence-corrected chi connectivity index (χ3v) is 3.63. The molecule has 19 heavy (non-hydrogen) atoms. The second kappa shape index (κ2) is 6.68. The molecule has 106 valence electrons. The van der Waals surface area contributed by atoms with Gasteiger partial charge >= 0.3 is 0 Å². The molecular weight excluding hydrogens is 322 g/mol. The first-order chi connectivity index (χ1) is 8.73. The van der Waals surface area contributed by atoms with Crippen LogP contribution in [0.1, 0.15) is 19.4 Å². The van der Waals surface area contributed by atoms with E-state index in [-0.39, 0.29) is 5.41 Å². The number of hydrogen-bond acceptors (Lipinski definition) is 3. The summed E-state index contributed by atoms with van der Waals surface area (Å²) in [4.78, 5) is 2.59. The van der Waals surface area contributed by atoms with Crippen molar-refractivity contribution in [2.75, 3.05) is 32.5 Å². The number of thiocarbonyl (C=S) groups is 1. The van der Waals surface area contributed by atoms with Crippen LogP contribution < -0.4 is 11.1 Å². The largest absolute Gasteiger partial charge is 0.389 e. The van der Waals surface area contributed by atoms with Crippen molar-refractivity contribution in [2.24, 2.45) is 11.1 Å². The molecular formula is C14H22BrN3S. The molecule has 0 saturated heterocycles. The van der Waals surface area contributed by atoms with Gasteiger partial charge in [-0.05, 0) is 47.6 Å². The van der Waals surface area contributed by atoms with Crippen LogP contribution in [0.2, 0.25) is 0 Å². The van der Waals surface area contributed by atoms with Gasteiger partial charge in [0, 0.05) is 28.8 Å². The summed E-state index contributed by atoms with van der Waals surface area (Å²) in [6, 6.07) is 5.93. The van der Waals surface area contributed by atoms with Crippen LogP contribution >= 0.6 is 28.1 Å². The Labute approximate surface area is 129 Å². The maximum atomic E-state index is 5.79. The fourth-order valence-corrected chi connectivity index (χ4v) is 3.10. The Bertz CT molecular complexity index is 458. The Balaban J connectivity index is 2.84. The van der Waals surface area contributed by atoms with Crippen LogP contribution in [0, 0.1) is 5.41 Å². The van der Waals surface area contributed by atoms with Crippen molar-refractivity contribution in [1.82, 2.24) is 4.90 Å². The van der Waals surface area contributed by atoms with Crippen LogP contribution in [0.25, 0.3) is 0 Å². The van der Waals surface area contributed by atoms with Gasteiger partial charge in [0.25, 0.3) is 0 Å². The molecule has 0 atom stereocenters. The van der Waals surface area contributed by atoms with Crippen molar-refractivity contribution < 1.29 is 0 Å². The van der Waals surface area contributed by atoms with Crippen LogP contribution in [0.3, 0.4) is 0 Å². The summed E-state index contributed by atoms with van der Waals surface area (Å²) >= 11 is 8.61. The predicted octanol–water partition coefficient (Wildman–Crippen LogP) is 3.08. The first-order valence-electron chi connectivity index (χ1n) is 6.20. The topological polar surface area (TPSA) is 41.3 Å². The second-order valence-corrected chi connectivity index (χ2v) is 7.08. The summed E-state index contributed by atoms with van der Waals surface area (Å²) in [7, 11) is 4.17. The normalized spacial score (nSPS) is 11.7. The summed E-state index contributed by atoms with van der Waals surface area (Å²) in [6.45, 7) is 6.34. The summed E-state index contributed by atoms with van der Waals surface area (Å²) in [5.41, 5.74) is 7.81. The molecule has 1 aromatic rings. The third kappa shape index (κ3) is 5.09. The summed E-state index contributed by atoms with van der Waals surface area (Å²) in [5, 5.41) is 3.46. The lowest BCUT2D eigenvalue weighted by molar-refractivity contribution is 0.254. The van der Waals surface area contributed by atoms with Crippen molar-refractivity contribution in [3.8, 4) is 0 Å². The summed E-state index contributed by atoms with van der Waals surface area (Å²) in [5.74, 6) is 0. The first kappa shape index (κ1) is 16.4. The van der Waals surface area contributed by atoms with Gasteiger partial charge in [0.1, 0.15) is 4.99 Å². The Kier molecular flexibility index (Phi) is 5.77. The molecule has 5 heteroatoms. The van der Waals surface area contributed by atoms with E-state index in [9.17, 15) is 0 Å². The molecule has 0 aliphatic carbocycles. The molecule has 0 bridgehead atoms. The number of nitrogens with zero attached hydrogens (tertiary/aromatic N) is 1. The molecule has 0 fully saturated rings. The van der Waals surface area contributed by atoms with E-state index in [1.165, 1.54) is 0 Å². The SMILES string of the molecule is CN(C)CC(C)(C)CNc1cccc(Br)c1C(N)=S. The lowest BCUT2D eigenvalue weighted by atomic mass is 9.92. The summed E-state index contributed by atoms with van der Waals surface area (Å²) < 4.78 is 0.926. The van der Waals surface area contributed by atoms with Crippen LogP contribution in [-0.4, -0.2) is 37.1 Å². The number of hydrogen-bond donors (Lipinski definition) is 2. The number of nitrogens with two attached hydrogens (primary N) is 1. The highest BCUT2D eigenvalue weighted by atomic mass is 79.9. The zero-order chi connectivity index (χ0) is 14.6. The van der Waals surface area contributed by atoms with E-state index in [1.807, 2.05) is 18.2 Å². The van der Waals surface area contributed by atoms with E-state index in [0.717, 1.165) is 28.8 Å². The number of rotatable bonds is 6. The quantitative estimate of drug-likeness (QED) is 0.779. The third-order valence-electron chi connectivity index (χ3n) is 2.76. The molecule has 0 spiro atoms. The van der Waals surface area contributed by atoms with Crippen LogP contribution in [0.5, 0.6) is 0 Å². The molecule has 0 aliphatic heterocycles. The Morgan fingerprint density at radius 2 is 2.05 bits per heavy atom. The van der Waals surface area contributed by atoms with Crippen LogP contribution in [0.4, 0.5) is 5.69 Å². The van der Waals surface area contributed by atoms with E-state index in [4.69, 9.17) is 18.0 Å². The van der Waals surface area contributed by atoms with Gasteiger partial charge in [-0.15, -0.1) is 0 Å². The molecule has 0 saturated carbocycles. The molecule has 0 unspecified atom stereocenters. The van der Waals surface area contributed by atoms with E-state index < -0.39 is 0 Å². The smallest absolute Gasteiger partial charge is 0.107 e. The Morgan fingerprint density at radius 3 is 2.58 bits per heavy atom. The van der Waals surface area contributed by atoms with Gasteiger partial charge in [-0.25, -0.2) is 0 Å². The van der Waals surface area contributed by atoms with Crippen LogP contribution in [-0.2, 0) is 0 Å². The molecule has 0 aliphatic rings. The van der Waals surface area contributed by atoms with E-state index >= 15 is 0 Å². The van der Waals surface area contributed by atoms with Crippen molar-refractivity contribution in [3.05, 3.63) is 28.2 Å². The molecule has 0 heterocycles. The van der Waals surface area contributed by atoms with E-state index in [1.54, 1.807) is 0 Å². The molecule has 3 N–H and O–H groups in total. The van der Waals surface area contributed by atoms with Crippen LogP contribution in [0.15, 0.2) is 22.7 Å². The Morgan fingerprint density at radius 1 is 1.42 bits per heavy atom. The highest BCUT2D eigenvalue weighted by Crippen LogP contribution is 2.26. The monoisotopic (exact) mass is 343 g/mol. The number of nitrogens with one attached hydrogen (secondary N) is 1. The maximum Gasteiger partial charge on any atom is 0.107 e. The fourth-order valence-electron chi connectivity index (χ4n) is 2.17. The molecule has 1 aromatic carbocycles. The van der Waals surface area contributed by atoms with Gasteiger partial charge in [0.2, 0.25) is 0 Å². The van der Waals surface area contributed by atoms with Crippen molar-refractivity contribution in [1.29, 1.82) is 0 Å². The predicted molar refractivity (Wildman–Crippen MR) is 90.9 cm³/mol. The second-order valence-electron chi connectivity index (χ2n) is 5.78. The standard InChI is InChI=1S/C14H22BrN3S/c1-14(2,9-18(3)4)8-17-11-7-5-6-10(15)12(11)13(16)19/h5-7,17H,8-9H2,1-4H3,(H2,16,19). The molecule has 1 rings (SSSR count). The summed E-state index contributed by atoms with van der Waals surface area (Å²) in [6.07, 6.45) is 0. The molecule has 0 amide bonds. The minimum Gasteiger partial charge on any atom is -0.389 e. The first-order valence-corrected chi connectivity index (χ1v) is 7.40. The lowest BCUT2D eigenvalue weighted by Gasteiger charge is -2.29. The number of halogens is 1. The molecule has 0 radical (unpaired) electrons. The maximum absolute atomic E-state index is 5.79. The van der Waals surface area contributed by atoms with Crippen molar-refractivity contribution in [2.45, 2.75) is 13.8 Å². The van der Waals surface area contributed by atoms with Gasteiger partial charge in [-0.1, -0.05) is 32.1 Å². The van der Waals surface area contributed by atoms with E-state index in [0.29, 0.717) is 4.99 Å². The van der Waals surface area contributed by atoms with Gasteiger partial charge in [0.15, 0.2) is 0 Å². The average Bonchev–Trinajstić information content (AvgIpc) is 2.24. The minimum absolute atomic E-state index is 0.166. The zero-order valence-corrected chi connectivity index (χ0v) is 14.4. The van der Waals surface area contributed by atoms with Gasteiger partial charge in [0.05, 0.1) is 0 Å². The van der Waals surface area contributed by atoms with Gasteiger partial charge in [-0.3, -0.25) is 0 Å². The highest BCUT2D eigenvalue weighted by molar-refractivity contribution is 9.10. The number of benzene rings is 1.